The zero-order valence-electron chi connectivity index (χ0n) is 34.6. The molecular formula is C42H66O13. The van der Waals surface area contributed by atoms with Crippen LogP contribution in [0.2, 0.25) is 0 Å². The van der Waals surface area contributed by atoms with Crippen LogP contribution in [0.4, 0.5) is 0 Å². The van der Waals surface area contributed by atoms with Gasteiger partial charge in [-0.1, -0.05) is 51.0 Å². The van der Waals surface area contributed by atoms with Crippen LogP contribution in [-0.4, -0.2) is 105 Å². The molecule has 0 unspecified atom stereocenters. The zero-order chi connectivity index (χ0) is 41.6. The summed E-state index contributed by atoms with van der Waals surface area (Å²) in [5.41, 5.74) is 0.668. The maximum Gasteiger partial charge on any atom is 0.303 e. The summed E-state index contributed by atoms with van der Waals surface area (Å²) in [6.45, 7) is 19.0. The van der Waals surface area contributed by atoms with Crippen molar-refractivity contribution in [2.75, 3.05) is 6.61 Å². The van der Waals surface area contributed by atoms with Gasteiger partial charge in [-0.3, -0.25) is 19.2 Å². The second-order valence-electron chi connectivity index (χ2n) is 17.2. The number of hydrogen-bond donors (Lipinski definition) is 4. The summed E-state index contributed by atoms with van der Waals surface area (Å²) in [6, 6.07) is 0. The van der Waals surface area contributed by atoms with E-state index in [0.717, 1.165) is 11.1 Å². The van der Waals surface area contributed by atoms with E-state index < -0.39 is 90.0 Å². The summed E-state index contributed by atoms with van der Waals surface area (Å²) in [4.78, 5) is 49.6. The van der Waals surface area contributed by atoms with Crippen molar-refractivity contribution in [2.24, 2.45) is 22.7 Å². The molecule has 4 N–H and O–H groups in total. The van der Waals surface area contributed by atoms with Crippen LogP contribution in [0.25, 0.3) is 0 Å². The molecule has 11 atom stereocenters. The van der Waals surface area contributed by atoms with E-state index in [4.69, 9.17) is 23.7 Å². The predicted octanol–water partition coefficient (Wildman–Crippen LogP) is 4.81. The van der Waals surface area contributed by atoms with Crippen LogP contribution in [0.3, 0.4) is 0 Å². The molecule has 1 heterocycles. The number of ketones is 1. The van der Waals surface area contributed by atoms with E-state index in [0.29, 0.717) is 50.5 Å². The molecule has 0 aromatic rings. The molecule has 13 heteroatoms. The van der Waals surface area contributed by atoms with Crippen molar-refractivity contribution < 1.29 is 63.3 Å². The van der Waals surface area contributed by atoms with E-state index in [-0.39, 0.29) is 17.6 Å². The first-order valence-electron chi connectivity index (χ1n) is 19.5. The molecule has 1 saturated heterocycles. The van der Waals surface area contributed by atoms with E-state index in [1.54, 1.807) is 6.08 Å². The number of Topliss-reactive ketones (excluding diaryl/α,β-unsaturated/α-hetero) is 1. The molecule has 0 aromatic carbocycles. The first kappa shape index (κ1) is 46.4. The normalized spacial score (nSPS) is 33.6. The Bertz CT molecular complexity index is 1470. The van der Waals surface area contributed by atoms with Crippen molar-refractivity contribution in [3.63, 3.8) is 0 Å². The lowest BCUT2D eigenvalue weighted by Gasteiger charge is -2.54. The molecule has 0 amide bonds. The second kappa shape index (κ2) is 19.0. The van der Waals surface area contributed by atoms with Gasteiger partial charge in [0.05, 0.1) is 12.7 Å². The molecule has 312 valence electrons. The van der Waals surface area contributed by atoms with E-state index in [9.17, 15) is 39.6 Å². The highest BCUT2D eigenvalue weighted by atomic mass is 16.7. The third kappa shape index (κ3) is 11.6. The lowest BCUT2D eigenvalue weighted by atomic mass is 9.58. The number of ether oxygens (including phenoxy) is 5. The first-order chi connectivity index (χ1) is 25.4. The summed E-state index contributed by atoms with van der Waals surface area (Å²) in [6.07, 6.45) is 0.120. The molecule has 3 aliphatic rings. The largest absolute Gasteiger partial charge is 0.459 e. The standard InChI is InChI=1S/C42H66O13/c1-23(12-15-29(51-26(4)44)20-25(3)31(52-27(5)45)21-30-24(2)14-17-34(47)40(30,7)8)13-16-33-41(9,10)35(18-19-42(33,11)55-28(6)46)54-39-38(50)37(49)36(48)32(22-43)53-39/h12,14,20,29-33,35-39,43,48-50H,13,15-19,21-22H2,1-11H3/t29-,30-,31+,32-,33+,35+,36+,37+,38-,39+,42+/m1/s1. The van der Waals surface area contributed by atoms with Crippen molar-refractivity contribution in [3.8, 4) is 0 Å². The fourth-order valence-electron chi connectivity index (χ4n) is 8.89. The third-order valence-electron chi connectivity index (χ3n) is 12.2. The minimum Gasteiger partial charge on any atom is -0.459 e. The average molecular weight is 779 g/mol. The third-order valence-corrected chi connectivity index (χ3v) is 12.2. The Morgan fingerprint density at radius 3 is 2.16 bits per heavy atom. The molecule has 0 bridgehead atoms. The molecular weight excluding hydrogens is 712 g/mol. The SMILES string of the molecule is CC(=O)O[C@@H](C[C@@H]1C(C)=CCC(=O)C1(C)C)C(C)=C[C@@H](CC=C(C)CC[C@H]1C(C)(C)[C@@H](O[C@@H]2O[C@H](CO)[C@H](O)[C@H](O)[C@H]2O)CC[C@]1(C)OC(C)=O)OC(C)=O. The molecule has 0 radical (unpaired) electrons. The van der Waals surface area contributed by atoms with Gasteiger partial charge in [0.25, 0.3) is 0 Å². The zero-order valence-corrected chi connectivity index (χ0v) is 34.6. The van der Waals surface area contributed by atoms with Crippen LogP contribution in [0.15, 0.2) is 34.9 Å². The monoisotopic (exact) mass is 778 g/mol. The number of carbonyl (C=O) groups is 4. The topological polar surface area (TPSA) is 195 Å². The number of allylic oxidation sites excluding steroid dienone is 3. The fourth-order valence-corrected chi connectivity index (χ4v) is 8.89. The molecule has 0 spiro atoms. The maximum absolute atomic E-state index is 12.8. The minimum atomic E-state index is -1.57. The van der Waals surface area contributed by atoms with Crippen LogP contribution in [0, 0.1) is 22.7 Å². The Morgan fingerprint density at radius 2 is 1.58 bits per heavy atom. The van der Waals surface area contributed by atoms with Crippen LogP contribution in [0.5, 0.6) is 0 Å². The van der Waals surface area contributed by atoms with Crippen LogP contribution < -0.4 is 0 Å². The fraction of sp³-hybridized carbons (Fsp3) is 0.762. The summed E-state index contributed by atoms with van der Waals surface area (Å²) in [7, 11) is 0. The quantitative estimate of drug-likeness (QED) is 0.101. The van der Waals surface area contributed by atoms with Gasteiger partial charge in [0, 0.05) is 44.9 Å². The second-order valence-corrected chi connectivity index (χ2v) is 17.2. The number of rotatable bonds is 15. The van der Waals surface area contributed by atoms with Crippen molar-refractivity contribution in [1.29, 1.82) is 0 Å². The van der Waals surface area contributed by atoms with E-state index in [2.05, 4.69) is 0 Å². The Morgan fingerprint density at radius 1 is 0.945 bits per heavy atom. The van der Waals surface area contributed by atoms with Gasteiger partial charge in [0.2, 0.25) is 0 Å². The molecule has 13 nitrogen and oxygen atoms in total. The van der Waals surface area contributed by atoms with Gasteiger partial charge in [0.15, 0.2) is 6.29 Å². The molecule has 2 fully saturated rings. The molecule has 0 aromatic heterocycles. The number of esters is 3. The van der Waals surface area contributed by atoms with Gasteiger partial charge in [-0.05, 0) is 82.8 Å². The van der Waals surface area contributed by atoms with Crippen LogP contribution in [-0.2, 0) is 42.9 Å². The van der Waals surface area contributed by atoms with Crippen molar-refractivity contribution >= 4 is 23.7 Å². The molecule has 55 heavy (non-hydrogen) atoms. The Kier molecular flexibility index (Phi) is 16.0. The number of aliphatic hydroxyl groups excluding tert-OH is 4. The highest BCUT2D eigenvalue weighted by Gasteiger charge is 2.55. The van der Waals surface area contributed by atoms with E-state index in [1.807, 2.05) is 67.5 Å². The van der Waals surface area contributed by atoms with Gasteiger partial charge in [-0.2, -0.15) is 0 Å². The highest BCUT2D eigenvalue weighted by molar-refractivity contribution is 5.87. The maximum atomic E-state index is 12.8. The number of hydrogen-bond acceptors (Lipinski definition) is 13. The van der Waals surface area contributed by atoms with Crippen molar-refractivity contribution in [3.05, 3.63) is 34.9 Å². The van der Waals surface area contributed by atoms with Crippen molar-refractivity contribution in [1.82, 2.24) is 0 Å². The summed E-state index contributed by atoms with van der Waals surface area (Å²) >= 11 is 0. The highest BCUT2D eigenvalue weighted by Crippen LogP contribution is 2.52. The van der Waals surface area contributed by atoms with Gasteiger partial charge in [-0.25, -0.2) is 0 Å². The Labute approximate surface area is 326 Å². The molecule has 2 aliphatic carbocycles. The van der Waals surface area contributed by atoms with Gasteiger partial charge >= 0.3 is 17.9 Å². The van der Waals surface area contributed by atoms with E-state index >= 15 is 0 Å². The number of carbonyl (C=O) groups excluding carboxylic acids is 4. The Hall–Kier alpha value is -2.94. The van der Waals surface area contributed by atoms with Crippen LogP contribution in [0.1, 0.15) is 121 Å². The molecule has 1 saturated carbocycles. The average Bonchev–Trinajstić information content (AvgIpc) is 3.07. The van der Waals surface area contributed by atoms with E-state index in [1.165, 1.54) is 20.8 Å². The smallest absolute Gasteiger partial charge is 0.303 e. The molecule has 3 rings (SSSR count). The summed E-state index contributed by atoms with van der Waals surface area (Å²) in [5, 5.41) is 41.0. The summed E-state index contributed by atoms with van der Waals surface area (Å²) < 4.78 is 29.4. The minimum absolute atomic E-state index is 0.131. The van der Waals surface area contributed by atoms with Crippen LogP contribution >= 0.6 is 0 Å². The van der Waals surface area contributed by atoms with Gasteiger partial charge < -0.3 is 44.1 Å². The van der Waals surface area contributed by atoms with Gasteiger partial charge in [0.1, 0.15) is 48.0 Å². The van der Waals surface area contributed by atoms with Gasteiger partial charge in [-0.15, -0.1) is 0 Å². The lowest BCUT2D eigenvalue weighted by Crippen LogP contribution is -2.62. The predicted molar refractivity (Wildman–Crippen MR) is 203 cm³/mol. The first-order valence-corrected chi connectivity index (χ1v) is 19.5. The number of aliphatic hydroxyl groups is 4. The molecule has 1 aliphatic heterocycles. The van der Waals surface area contributed by atoms with Crippen molar-refractivity contribution in [2.45, 2.75) is 176 Å². The lowest BCUT2D eigenvalue weighted by molar-refractivity contribution is -0.327. The summed E-state index contributed by atoms with van der Waals surface area (Å²) in [5.74, 6) is -1.57. The Balaban J connectivity index is 1.82.